The van der Waals surface area contributed by atoms with Gasteiger partial charge >= 0.3 is 0 Å². The SMILES string of the molecule is CC(C)c1cccc(C(C)C)c1-n1c(-c2[c-]oc3ccc([Si](C)(C)C)cc23)nc2ccccc21.[2H]C([2H])([2H])c1c[c-]c(-c2ccc(C([2H])([2H])[2H])cn2)cc1.[Ir]. The summed E-state index contributed by atoms with van der Waals surface area (Å²) in [5.74, 6) is 1.65. The van der Waals surface area contributed by atoms with Gasteiger partial charge in [0.25, 0.3) is 0 Å². The van der Waals surface area contributed by atoms with Gasteiger partial charge in [0.05, 0.1) is 24.9 Å². The van der Waals surface area contributed by atoms with Crippen LogP contribution in [0.25, 0.3) is 50.3 Å². The van der Waals surface area contributed by atoms with Gasteiger partial charge in [-0.2, -0.15) is 0 Å². The molecular formula is C43H45IrN3OSi-2. The minimum atomic E-state index is -2.18. The number of furan rings is 1. The van der Waals surface area contributed by atoms with Crippen LogP contribution in [0.15, 0.2) is 102 Å². The maximum atomic E-state index is 7.28. The fourth-order valence-corrected chi connectivity index (χ4v) is 7.10. The number of nitrogens with zero attached hydrogens (tertiary/aromatic N) is 3. The second-order valence-corrected chi connectivity index (χ2v) is 18.9. The number of rotatable bonds is 6. The van der Waals surface area contributed by atoms with Crippen LogP contribution in [-0.2, 0) is 20.1 Å². The number of aromatic nitrogens is 3. The first-order chi connectivity index (χ1) is 25.3. The Hall–Kier alpha value is -4.09. The van der Waals surface area contributed by atoms with Crippen LogP contribution in [-0.4, -0.2) is 22.6 Å². The van der Waals surface area contributed by atoms with E-state index in [1.807, 2.05) is 0 Å². The summed E-state index contributed by atoms with van der Waals surface area (Å²) in [7, 11) is -1.49. The van der Waals surface area contributed by atoms with E-state index in [-0.39, 0.29) is 31.2 Å². The summed E-state index contributed by atoms with van der Waals surface area (Å²) in [4.78, 5) is 9.23. The summed E-state index contributed by atoms with van der Waals surface area (Å²) in [6, 6.07) is 32.2. The van der Waals surface area contributed by atoms with Gasteiger partial charge in [0.15, 0.2) is 0 Å². The molecule has 3 aromatic heterocycles. The van der Waals surface area contributed by atoms with Crippen LogP contribution >= 0.6 is 0 Å². The first-order valence-corrected chi connectivity index (χ1v) is 19.9. The molecule has 0 N–H and O–H groups in total. The van der Waals surface area contributed by atoms with Crippen molar-refractivity contribution in [3.05, 3.63) is 132 Å². The molecule has 7 rings (SSSR count). The van der Waals surface area contributed by atoms with Gasteiger partial charge < -0.3 is 14.0 Å². The average Bonchev–Trinajstić information content (AvgIpc) is 3.71. The van der Waals surface area contributed by atoms with Crippen LogP contribution in [0.3, 0.4) is 0 Å². The van der Waals surface area contributed by atoms with E-state index in [1.165, 1.54) is 46.4 Å². The van der Waals surface area contributed by atoms with Gasteiger partial charge in [-0.15, -0.1) is 41.5 Å². The second-order valence-electron chi connectivity index (χ2n) is 13.8. The van der Waals surface area contributed by atoms with Crippen molar-refractivity contribution in [2.24, 2.45) is 0 Å². The number of aryl methyl sites for hydroxylation is 2. The zero-order valence-corrected chi connectivity index (χ0v) is 32.4. The third-order valence-corrected chi connectivity index (χ3v) is 10.6. The summed E-state index contributed by atoms with van der Waals surface area (Å²) in [6.45, 7) is 11.8. The van der Waals surface area contributed by atoms with Crippen LogP contribution in [0.1, 0.15) is 70.0 Å². The van der Waals surface area contributed by atoms with Crippen molar-refractivity contribution >= 4 is 35.3 Å². The number of fused-ring (bicyclic) bond motifs is 2. The Bertz CT molecular complexity index is 2320. The third kappa shape index (κ3) is 7.57. The Morgan fingerprint density at radius 1 is 0.816 bits per heavy atom. The number of benzene rings is 4. The molecule has 6 heteroatoms. The van der Waals surface area contributed by atoms with Crippen molar-refractivity contribution in [3.63, 3.8) is 0 Å². The van der Waals surface area contributed by atoms with Crippen molar-refractivity contribution in [3.8, 4) is 28.3 Å². The number of para-hydroxylation sites is 3. The normalized spacial score (nSPS) is 13.9. The van der Waals surface area contributed by atoms with Crippen molar-refractivity contribution in [1.82, 2.24) is 14.5 Å². The molecule has 4 nitrogen and oxygen atoms in total. The Labute approximate surface area is 314 Å². The van der Waals surface area contributed by atoms with E-state index in [4.69, 9.17) is 17.6 Å². The molecule has 0 saturated heterocycles. The fourth-order valence-electron chi connectivity index (χ4n) is 5.94. The zero-order valence-electron chi connectivity index (χ0n) is 35.0. The molecule has 49 heavy (non-hydrogen) atoms. The molecule has 0 spiro atoms. The molecule has 0 fully saturated rings. The minimum Gasteiger partial charge on any atom is -0.557 e. The molecule has 0 amide bonds. The molecule has 7 aromatic rings. The number of imidazole rings is 1. The quantitative estimate of drug-likeness (QED) is 0.124. The first-order valence-electron chi connectivity index (χ1n) is 19.4. The molecule has 0 aliphatic heterocycles. The summed E-state index contributed by atoms with van der Waals surface area (Å²) in [6.07, 6.45) is 4.53. The molecule has 0 aliphatic carbocycles. The van der Waals surface area contributed by atoms with Gasteiger partial charge in [-0.1, -0.05) is 125 Å². The minimum absolute atomic E-state index is 0. The summed E-state index contributed by atoms with van der Waals surface area (Å²) in [5, 5.41) is 2.49. The molecule has 0 aliphatic rings. The van der Waals surface area contributed by atoms with E-state index in [9.17, 15) is 0 Å². The molecule has 0 atom stereocenters. The Balaban J connectivity index is 0.000000237. The van der Waals surface area contributed by atoms with Gasteiger partial charge in [-0.25, -0.2) is 0 Å². The van der Waals surface area contributed by atoms with Gasteiger partial charge in [0, 0.05) is 52.1 Å². The maximum Gasteiger partial charge on any atom is 0.0774 e. The Kier molecular flexibility index (Phi) is 8.67. The molecule has 1 radical (unpaired) electrons. The molecule has 4 aromatic carbocycles. The van der Waals surface area contributed by atoms with Gasteiger partial charge in [0.2, 0.25) is 0 Å². The maximum absolute atomic E-state index is 7.28. The van der Waals surface area contributed by atoms with Crippen LogP contribution in [0.5, 0.6) is 0 Å². The van der Waals surface area contributed by atoms with Crippen molar-refractivity contribution in [2.45, 2.75) is 72.9 Å². The predicted molar refractivity (Wildman–Crippen MR) is 204 cm³/mol. The molecule has 0 saturated carbocycles. The van der Waals surface area contributed by atoms with Crippen molar-refractivity contribution in [1.29, 1.82) is 0 Å². The van der Waals surface area contributed by atoms with E-state index in [2.05, 4.69) is 130 Å². The molecule has 0 unspecified atom stereocenters. The molecular weight excluding hydrogens is 795 g/mol. The first kappa shape index (κ1) is 28.7. The second kappa shape index (κ2) is 14.8. The van der Waals surface area contributed by atoms with Crippen LogP contribution in [0, 0.1) is 26.0 Å². The van der Waals surface area contributed by atoms with E-state index in [0.717, 1.165) is 33.4 Å². The van der Waals surface area contributed by atoms with Crippen LogP contribution in [0.4, 0.5) is 0 Å². The van der Waals surface area contributed by atoms with Gasteiger partial charge in [-0.3, -0.25) is 4.98 Å². The average molecular weight is 846 g/mol. The van der Waals surface area contributed by atoms with E-state index >= 15 is 0 Å². The fraction of sp³-hybridized carbons (Fsp3) is 0.256. The van der Waals surface area contributed by atoms with E-state index in [0.29, 0.717) is 23.1 Å². The zero-order chi connectivity index (χ0) is 39.2. The standard InChI is InChI=1S/C30H33N2OSi.C13H12N.Ir/c1-19(2)22-11-10-12-23(20(3)4)29(22)32-27-14-9-8-13-26(27)31-30(32)25-18-33-28-16-15-21(17-24(25)28)34(5,6)7;1-10-3-6-12(7-4-10)13-8-5-11(2)9-14-13;/h8-17,19-20H,1-7H3;3-6,8-9H,1-2H3;/q2*-1;/i;1D3,2D3;. The van der Waals surface area contributed by atoms with Crippen LogP contribution in [0.2, 0.25) is 19.6 Å². The Morgan fingerprint density at radius 2 is 1.53 bits per heavy atom. The third-order valence-electron chi connectivity index (χ3n) is 8.58. The van der Waals surface area contributed by atoms with Crippen molar-refractivity contribution in [2.75, 3.05) is 0 Å². The summed E-state index contributed by atoms with van der Waals surface area (Å²) < 4.78 is 51.9. The van der Waals surface area contributed by atoms with E-state index in [1.54, 1.807) is 12.1 Å². The largest absolute Gasteiger partial charge is 0.557 e. The van der Waals surface area contributed by atoms with Crippen molar-refractivity contribution < 1.29 is 32.7 Å². The Morgan fingerprint density at radius 3 is 2.14 bits per heavy atom. The number of hydrogen-bond donors (Lipinski definition) is 0. The summed E-state index contributed by atoms with van der Waals surface area (Å²) >= 11 is 0. The smallest absolute Gasteiger partial charge is 0.0774 e. The summed E-state index contributed by atoms with van der Waals surface area (Å²) in [5.41, 5.74) is 9.31. The predicted octanol–water partition coefficient (Wildman–Crippen LogP) is 11.2. The van der Waals surface area contributed by atoms with Gasteiger partial charge in [0.1, 0.15) is 0 Å². The number of pyridine rings is 1. The molecule has 253 valence electrons. The van der Waals surface area contributed by atoms with Gasteiger partial charge in [-0.05, 0) is 53.2 Å². The topological polar surface area (TPSA) is 43.9 Å². The molecule has 0 bridgehead atoms. The monoisotopic (exact) mass is 846 g/mol. The number of hydrogen-bond acceptors (Lipinski definition) is 3. The van der Waals surface area contributed by atoms with E-state index < -0.39 is 21.8 Å². The molecule has 3 heterocycles. The van der Waals surface area contributed by atoms with Crippen LogP contribution < -0.4 is 5.19 Å².